The van der Waals surface area contributed by atoms with E-state index in [-0.39, 0.29) is 5.41 Å². The first kappa shape index (κ1) is 20.5. The van der Waals surface area contributed by atoms with Crippen molar-refractivity contribution in [2.75, 3.05) is 5.32 Å². The van der Waals surface area contributed by atoms with E-state index in [4.69, 9.17) is 0 Å². The van der Waals surface area contributed by atoms with Crippen LogP contribution in [-0.4, -0.2) is 0 Å². The second kappa shape index (κ2) is 8.13. The minimum Gasteiger partial charge on any atom is -0.356 e. The van der Waals surface area contributed by atoms with Crippen LogP contribution in [0.4, 0.5) is 11.4 Å². The molecule has 1 nitrogen and oxygen atoms in total. The Balaban J connectivity index is 1.22. The lowest BCUT2D eigenvalue weighted by Crippen LogP contribution is -2.28. The van der Waals surface area contributed by atoms with Crippen LogP contribution in [-0.2, 0) is 5.41 Å². The van der Waals surface area contributed by atoms with Gasteiger partial charge in [0, 0.05) is 16.8 Å². The summed E-state index contributed by atoms with van der Waals surface area (Å²) in [5.74, 6) is 0. The van der Waals surface area contributed by atoms with Crippen molar-refractivity contribution in [2.24, 2.45) is 0 Å². The van der Waals surface area contributed by atoms with Gasteiger partial charge in [0.25, 0.3) is 0 Å². The largest absolute Gasteiger partial charge is 0.356 e. The summed E-state index contributed by atoms with van der Waals surface area (Å²) in [7, 11) is 0. The Morgan fingerprint density at radius 1 is 0.514 bits per heavy atom. The first-order valence-electron chi connectivity index (χ1n) is 12.9. The van der Waals surface area contributed by atoms with E-state index in [0.717, 1.165) is 5.69 Å². The second-order valence-electron chi connectivity index (χ2n) is 10.2. The van der Waals surface area contributed by atoms with Gasteiger partial charge in [0.05, 0.1) is 0 Å². The van der Waals surface area contributed by atoms with E-state index < -0.39 is 0 Å². The normalized spacial score (nSPS) is 15.7. The van der Waals surface area contributed by atoms with E-state index in [0.29, 0.717) is 0 Å². The molecule has 0 radical (unpaired) electrons. The van der Waals surface area contributed by atoms with Crippen molar-refractivity contribution < 1.29 is 0 Å². The molecule has 0 aromatic heterocycles. The van der Waals surface area contributed by atoms with Gasteiger partial charge in [-0.2, -0.15) is 0 Å². The van der Waals surface area contributed by atoms with E-state index in [2.05, 4.69) is 115 Å². The molecule has 170 valence electrons. The molecule has 0 heterocycles. The minimum absolute atomic E-state index is 0.195. The molecule has 0 aliphatic heterocycles. The number of nitrogens with one attached hydrogen (secondary N) is 1. The summed E-state index contributed by atoms with van der Waals surface area (Å²) in [6.45, 7) is 0. The predicted molar refractivity (Wildman–Crippen MR) is 148 cm³/mol. The molecule has 5 aromatic rings. The van der Waals surface area contributed by atoms with E-state index in [1.807, 2.05) is 0 Å². The third kappa shape index (κ3) is 3.30. The molecule has 2 aliphatic carbocycles. The molecular formula is C34H29N. The fraction of sp³-hybridized carbons (Fsp3) is 0.176. The Labute approximate surface area is 207 Å². The summed E-state index contributed by atoms with van der Waals surface area (Å²) in [4.78, 5) is 0. The van der Waals surface area contributed by atoms with E-state index in [1.165, 1.54) is 76.4 Å². The number of anilines is 2. The Hall–Kier alpha value is -3.84. The van der Waals surface area contributed by atoms with Gasteiger partial charge in [-0.3, -0.25) is 0 Å². The summed E-state index contributed by atoms with van der Waals surface area (Å²) in [5, 5.41) is 6.28. The van der Waals surface area contributed by atoms with Gasteiger partial charge in [-0.25, -0.2) is 0 Å². The number of hydrogen-bond acceptors (Lipinski definition) is 1. The highest BCUT2D eigenvalue weighted by atomic mass is 14.9. The number of hydrogen-bond donors (Lipinski definition) is 1. The van der Waals surface area contributed by atoms with Crippen LogP contribution in [0.1, 0.15) is 43.2 Å². The van der Waals surface area contributed by atoms with Crippen LogP contribution in [0.3, 0.4) is 0 Å². The Kier molecular flexibility index (Phi) is 4.77. The van der Waals surface area contributed by atoms with Crippen molar-refractivity contribution in [1.29, 1.82) is 0 Å². The van der Waals surface area contributed by atoms with Crippen molar-refractivity contribution in [3.8, 4) is 22.3 Å². The zero-order chi connectivity index (χ0) is 23.2. The van der Waals surface area contributed by atoms with Crippen molar-refractivity contribution in [3.63, 3.8) is 0 Å². The zero-order valence-corrected chi connectivity index (χ0v) is 19.9. The van der Waals surface area contributed by atoms with Crippen molar-refractivity contribution in [3.05, 3.63) is 120 Å². The molecule has 1 heteroatoms. The van der Waals surface area contributed by atoms with Crippen molar-refractivity contribution in [2.45, 2.75) is 37.5 Å². The summed E-state index contributed by atoms with van der Waals surface area (Å²) in [6, 6.07) is 40.1. The molecule has 7 rings (SSSR count). The minimum atomic E-state index is 0.195. The maximum absolute atomic E-state index is 3.70. The molecule has 0 unspecified atom stereocenters. The molecule has 0 amide bonds. The maximum atomic E-state index is 3.70. The van der Waals surface area contributed by atoms with Gasteiger partial charge in [0.15, 0.2) is 0 Å². The van der Waals surface area contributed by atoms with Crippen LogP contribution in [0.2, 0.25) is 0 Å². The van der Waals surface area contributed by atoms with Crippen LogP contribution in [0, 0.1) is 0 Å². The summed E-state index contributed by atoms with van der Waals surface area (Å²) in [5.41, 5.74) is 11.0. The van der Waals surface area contributed by atoms with Gasteiger partial charge >= 0.3 is 0 Å². The van der Waals surface area contributed by atoms with Crippen LogP contribution >= 0.6 is 0 Å². The fourth-order valence-electron chi connectivity index (χ4n) is 6.60. The van der Waals surface area contributed by atoms with Gasteiger partial charge < -0.3 is 5.32 Å². The lowest BCUT2D eigenvalue weighted by atomic mass is 9.68. The molecular weight excluding hydrogens is 422 g/mol. The molecule has 1 N–H and O–H groups in total. The fourth-order valence-corrected chi connectivity index (χ4v) is 6.60. The second-order valence-corrected chi connectivity index (χ2v) is 10.2. The van der Waals surface area contributed by atoms with E-state index in [9.17, 15) is 0 Å². The maximum Gasteiger partial charge on any atom is 0.0387 e. The molecule has 0 saturated heterocycles. The standard InChI is InChI=1S/C34H29N/c1-6-21-34(22-7-1)32-14-5-4-12-30(32)31-20-19-27(23-33(31)34)35-26-17-15-25(16-18-26)29-13-8-10-24-9-2-3-11-28(24)29/h2-5,8-20,23,35H,1,6-7,21-22H2. The van der Waals surface area contributed by atoms with E-state index in [1.54, 1.807) is 5.56 Å². The van der Waals surface area contributed by atoms with Gasteiger partial charge in [-0.1, -0.05) is 104 Å². The van der Waals surface area contributed by atoms with Crippen molar-refractivity contribution >= 4 is 22.1 Å². The number of fused-ring (bicyclic) bond motifs is 6. The molecule has 1 saturated carbocycles. The highest BCUT2D eigenvalue weighted by Crippen LogP contribution is 2.56. The zero-order valence-electron chi connectivity index (χ0n) is 19.9. The highest BCUT2D eigenvalue weighted by Gasteiger charge is 2.43. The first-order chi connectivity index (χ1) is 17.3. The quantitative estimate of drug-likeness (QED) is 0.288. The molecule has 35 heavy (non-hydrogen) atoms. The third-order valence-electron chi connectivity index (χ3n) is 8.25. The van der Waals surface area contributed by atoms with Crippen molar-refractivity contribution in [1.82, 2.24) is 0 Å². The van der Waals surface area contributed by atoms with Gasteiger partial charge in [0.1, 0.15) is 0 Å². The SMILES string of the molecule is c1ccc2c(c1)-c1ccc(Nc3ccc(-c4cccc5ccccc45)cc3)cc1C21CCCCC1. The molecule has 0 atom stereocenters. The molecule has 5 aromatic carbocycles. The smallest absolute Gasteiger partial charge is 0.0387 e. The molecule has 2 aliphatic rings. The average Bonchev–Trinajstić information content (AvgIpc) is 3.18. The van der Waals surface area contributed by atoms with Crippen LogP contribution < -0.4 is 5.32 Å². The lowest BCUT2D eigenvalue weighted by molar-refractivity contribution is 0.353. The highest BCUT2D eigenvalue weighted by molar-refractivity contribution is 5.96. The Bertz CT molecular complexity index is 1530. The molecule has 1 spiro atoms. The monoisotopic (exact) mass is 451 g/mol. The third-order valence-corrected chi connectivity index (χ3v) is 8.25. The van der Waals surface area contributed by atoms with Crippen LogP contribution in [0.5, 0.6) is 0 Å². The van der Waals surface area contributed by atoms with E-state index >= 15 is 0 Å². The summed E-state index contributed by atoms with van der Waals surface area (Å²) >= 11 is 0. The molecule has 1 fully saturated rings. The Morgan fingerprint density at radius 3 is 2.09 bits per heavy atom. The number of benzene rings is 5. The Morgan fingerprint density at radius 2 is 1.20 bits per heavy atom. The van der Waals surface area contributed by atoms with Crippen LogP contribution in [0.25, 0.3) is 33.0 Å². The van der Waals surface area contributed by atoms with Crippen LogP contribution in [0.15, 0.2) is 109 Å². The van der Waals surface area contributed by atoms with Gasteiger partial charge in [0.2, 0.25) is 0 Å². The number of rotatable bonds is 3. The summed E-state index contributed by atoms with van der Waals surface area (Å²) < 4.78 is 0. The first-order valence-corrected chi connectivity index (χ1v) is 12.9. The predicted octanol–water partition coefficient (Wildman–Crippen LogP) is 9.48. The van der Waals surface area contributed by atoms with Gasteiger partial charge in [-0.05, 0) is 81.3 Å². The summed E-state index contributed by atoms with van der Waals surface area (Å²) in [6.07, 6.45) is 6.53. The average molecular weight is 452 g/mol. The lowest BCUT2D eigenvalue weighted by Gasteiger charge is -2.36. The molecule has 0 bridgehead atoms. The van der Waals surface area contributed by atoms with Gasteiger partial charge in [-0.15, -0.1) is 0 Å². The topological polar surface area (TPSA) is 12.0 Å².